The number of imide groups is 1. The minimum Gasteiger partial charge on any atom is -0.534 e. The Balaban J connectivity index is 1.96. The maximum absolute atomic E-state index is 11.7. The number of carbonyl (C=O) groups is 3. The van der Waals surface area contributed by atoms with Gasteiger partial charge in [-0.15, -0.1) is 0 Å². The number of benzene rings is 1. The molecule has 1 saturated heterocycles. The Morgan fingerprint density at radius 1 is 1.43 bits per heavy atom. The molecule has 0 radical (unpaired) electrons. The van der Waals surface area contributed by atoms with Crippen LogP contribution in [-0.4, -0.2) is 51.0 Å². The summed E-state index contributed by atoms with van der Waals surface area (Å²) >= 11 is 0.875. The summed E-state index contributed by atoms with van der Waals surface area (Å²) in [6.45, 7) is 0. The highest BCUT2D eigenvalue weighted by Crippen LogP contribution is 2.33. The summed E-state index contributed by atoms with van der Waals surface area (Å²) in [5.41, 5.74) is 0.487. The van der Waals surface area contributed by atoms with E-state index in [2.05, 4.69) is 0 Å². The molecule has 2 N–H and O–H groups in total. The van der Waals surface area contributed by atoms with Crippen molar-refractivity contribution in [3.63, 3.8) is 0 Å². The highest BCUT2D eigenvalue weighted by atomic mass is 32.2. The first kappa shape index (κ1) is 14.0. The molecule has 0 unspecified atom stereocenters. The second kappa shape index (κ2) is 5.08. The van der Waals surface area contributed by atoms with E-state index in [1.54, 1.807) is 12.1 Å². The van der Waals surface area contributed by atoms with Gasteiger partial charge >= 0.3 is 13.1 Å². The van der Waals surface area contributed by atoms with E-state index in [9.17, 15) is 19.4 Å². The number of para-hydroxylation sites is 1. The van der Waals surface area contributed by atoms with Crippen LogP contribution in [0.2, 0.25) is 0 Å². The van der Waals surface area contributed by atoms with Gasteiger partial charge in [0.15, 0.2) is 0 Å². The third-order valence-corrected chi connectivity index (χ3v) is 4.27. The molecule has 1 aromatic rings. The fourth-order valence-electron chi connectivity index (χ4n) is 2.48. The number of amides is 2. The van der Waals surface area contributed by atoms with Crippen molar-refractivity contribution in [3.8, 4) is 5.75 Å². The van der Waals surface area contributed by atoms with Crippen LogP contribution in [0.25, 0.3) is 0 Å². The number of aromatic carboxylic acids is 1. The molecule has 2 aliphatic rings. The van der Waals surface area contributed by atoms with Gasteiger partial charge in [0.2, 0.25) is 5.91 Å². The van der Waals surface area contributed by atoms with Crippen molar-refractivity contribution in [2.24, 2.45) is 0 Å². The molecule has 1 atom stereocenters. The summed E-state index contributed by atoms with van der Waals surface area (Å²) in [5.74, 6) is -2.25. The van der Waals surface area contributed by atoms with E-state index in [-0.39, 0.29) is 29.4 Å². The van der Waals surface area contributed by atoms with E-state index in [1.807, 2.05) is 0 Å². The fraction of sp³-hybridized carbons (Fsp3) is 0.250. The van der Waals surface area contributed by atoms with Crippen LogP contribution in [-0.2, 0) is 11.2 Å². The first-order chi connectivity index (χ1) is 9.99. The number of rotatable bonds is 2. The molecule has 21 heavy (non-hydrogen) atoms. The first-order valence-corrected chi connectivity index (χ1v) is 7.16. The molecule has 2 aliphatic heterocycles. The lowest BCUT2D eigenvalue weighted by Gasteiger charge is -2.32. The third kappa shape index (κ3) is 2.28. The molecular weight excluding hydrogens is 297 g/mol. The van der Waals surface area contributed by atoms with Gasteiger partial charge in [0.25, 0.3) is 5.24 Å². The van der Waals surface area contributed by atoms with Crippen molar-refractivity contribution in [2.75, 3.05) is 5.75 Å². The van der Waals surface area contributed by atoms with Crippen LogP contribution in [0.3, 0.4) is 0 Å². The predicted molar refractivity (Wildman–Crippen MR) is 74.2 cm³/mol. The lowest BCUT2D eigenvalue weighted by molar-refractivity contribution is -0.125. The molecule has 0 saturated carbocycles. The molecule has 7 nitrogen and oxygen atoms in total. The minimum absolute atomic E-state index is 0.0457. The van der Waals surface area contributed by atoms with E-state index in [0.29, 0.717) is 5.56 Å². The Bertz CT molecular complexity index is 635. The molecule has 9 heteroatoms. The van der Waals surface area contributed by atoms with E-state index in [1.165, 1.54) is 6.07 Å². The zero-order valence-electron chi connectivity index (χ0n) is 10.7. The second-order valence-corrected chi connectivity index (χ2v) is 5.62. The van der Waals surface area contributed by atoms with Gasteiger partial charge in [-0.05, 0) is 18.1 Å². The quantitative estimate of drug-likeness (QED) is 0.762. The standard InChI is InChI=1S/C12H10BNO6S/c15-9-5-21-12(18)14(9)8-4-6-2-1-3-7(11(16)17)10(6)20-13(8)19/h1-3,8,19H,4-5H2,(H,16,17)/t8-/m0/s1. The van der Waals surface area contributed by atoms with Crippen molar-refractivity contribution in [1.82, 2.24) is 4.90 Å². The lowest BCUT2D eigenvalue weighted by atomic mass is 9.71. The van der Waals surface area contributed by atoms with Gasteiger partial charge < -0.3 is 14.8 Å². The molecule has 3 rings (SSSR count). The molecule has 2 amide bonds. The maximum atomic E-state index is 11.7. The number of thioether (sulfide) groups is 1. The normalized spacial score (nSPS) is 21.3. The molecule has 0 aromatic heterocycles. The molecule has 1 fully saturated rings. The largest absolute Gasteiger partial charge is 0.547 e. The molecule has 0 aliphatic carbocycles. The number of carboxylic acids is 1. The van der Waals surface area contributed by atoms with Crippen LogP contribution in [0.15, 0.2) is 18.2 Å². The third-order valence-electron chi connectivity index (χ3n) is 3.44. The van der Waals surface area contributed by atoms with Crippen LogP contribution in [0.5, 0.6) is 5.75 Å². The molecular formula is C12H10BNO6S. The topological polar surface area (TPSA) is 104 Å². The summed E-state index contributed by atoms with van der Waals surface area (Å²) in [4.78, 5) is 35.6. The van der Waals surface area contributed by atoms with Crippen molar-refractivity contribution >= 4 is 36.0 Å². The Morgan fingerprint density at radius 3 is 2.81 bits per heavy atom. The minimum atomic E-state index is -1.44. The lowest BCUT2D eigenvalue weighted by Crippen LogP contribution is -2.55. The highest BCUT2D eigenvalue weighted by molar-refractivity contribution is 8.14. The van der Waals surface area contributed by atoms with E-state index in [4.69, 9.17) is 9.76 Å². The first-order valence-electron chi connectivity index (χ1n) is 6.17. The van der Waals surface area contributed by atoms with Gasteiger partial charge in [-0.25, -0.2) is 4.79 Å². The average molecular weight is 307 g/mol. The van der Waals surface area contributed by atoms with Gasteiger partial charge in [-0.1, -0.05) is 23.9 Å². The van der Waals surface area contributed by atoms with Crippen molar-refractivity contribution in [2.45, 2.75) is 12.4 Å². The number of carbonyl (C=O) groups excluding carboxylic acids is 2. The Morgan fingerprint density at radius 2 is 2.19 bits per heavy atom. The molecule has 0 spiro atoms. The molecule has 2 heterocycles. The van der Waals surface area contributed by atoms with Gasteiger partial charge in [-0.2, -0.15) is 0 Å². The van der Waals surface area contributed by atoms with Crippen LogP contribution in [0.4, 0.5) is 4.79 Å². The summed E-state index contributed by atoms with van der Waals surface area (Å²) in [7, 11) is -1.44. The van der Waals surface area contributed by atoms with Crippen LogP contribution >= 0.6 is 11.8 Å². The summed E-state index contributed by atoms with van der Waals surface area (Å²) < 4.78 is 5.27. The zero-order valence-corrected chi connectivity index (χ0v) is 11.5. The van der Waals surface area contributed by atoms with Gasteiger partial charge in [0, 0.05) is 0 Å². The summed E-state index contributed by atoms with van der Waals surface area (Å²) in [5, 5.41) is 18.7. The summed E-state index contributed by atoms with van der Waals surface area (Å²) in [6.07, 6.45) is 0.162. The highest BCUT2D eigenvalue weighted by Gasteiger charge is 2.47. The molecule has 0 bridgehead atoms. The van der Waals surface area contributed by atoms with E-state index >= 15 is 0 Å². The number of carboxylic acid groups (broad SMARTS) is 1. The maximum Gasteiger partial charge on any atom is 0.547 e. The number of fused-ring (bicyclic) bond motifs is 1. The van der Waals surface area contributed by atoms with E-state index < -0.39 is 24.3 Å². The van der Waals surface area contributed by atoms with Crippen LogP contribution in [0, 0.1) is 0 Å². The molecule has 108 valence electrons. The monoisotopic (exact) mass is 307 g/mol. The smallest absolute Gasteiger partial charge is 0.534 e. The Labute approximate surface area is 124 Å². The number of nitrogens with zero attached hydrogens (tertiary/aromatic N) is 1. The Kier molecular flexibility index (Phi) is 3.38. The average Bonchev–Trinajstić information content (AvgIpc) is 2.77. The molecule has 1 aromatic carbocycles. The van der Waals surface area contributed by atoms with Gasteiger partial charge in [0.1, 0.15) is 5.75 Å². The van der Waals surface area contributed by atoms with E-state index in [0.717, 1.165) is 16.7 Å². The van der Waals surface area contributed by atoms with Gasteiger partial charge in [-0.3, -0.25) is 14.5 Å². The Hall–Kier alpha value is -2.00. The fourth-order valence-corrected chi connectivity index (χ4v) is 3.24. The SMILES string of the molecule is O=C(O)c1cccc2c1OB(O)[C@@H](N1C(=O)CSC1=O)C2. The second-order valence-electron chi connectivity index (χ2n) is 4.70. The predicted octanol–water partition coefficient (Wildman–Crippen LogP) is 0.403. The summed E-state index contributed by atoms with van der Waals surface area (Å²) in [6, 6.07) is 4.58. The van der Waals surface area contributed by atoms with Gasteiger partial charge in [0.05, 0.1) is 17.3 Å². The number of hydrogen-bond donors (Lipinski definition) is 2. The van der Waals surface area contributed by atoms with Crippen molar-refractivity contribution in [3.05, 3.63) is 29.3 Å². The zero-order chi connectivity index (χ0) is 15.1. The van der Waals surface area contributed by atoms with Crippen LogP contribution in [0.1, 0.15) is 15.9 Å². The van der Waals surface area contributed by atoms with Crippen molar-refractivity contribution in [1.29, 1.82) is 0 Å². The number of hydrogen-bond acceptors (Lipinski definition) is 6. The van der Waals surface area contributed by atoms with Crippen molar-refractivity contribution < 1.29 is 29.2 Å². The van der Waals surface area contributed by atoms with Crippen LogP contribution < -0.4 is 4.65 Å².